The fourth-order valence-electron chi connectivity index (χ4n) is 1.44. The molecule has 0 aliphatic carbocycles. The van der Waals surface area contributed by atoms with Crippen molar-refractivity contribution in [2.45, 2.75) is 18.4 Å². The third kappa shape index (κ3) is 1.20. The van der Waals surface area contributed by atoms with E-state index in [0.29, 0.717) is 13.2 Å². The van der Waals surface area contributed by atoms with Crippen molar-refractivity contribution in [1.29, 1.82) is 0 Å². The van der Waals surface area contributed by atoms with E-state index < -0.39 is 0 Å². The minimum atomic E-state index is -0.295. The average Bonchev–Trinajstić information content (AvgIpc) is 2.47. The van der Waals surface area contributed by atoms with Gasteiger partial charge < -0.3 is 14.2 Å². The molecule has 0 unspecified atom stereocenters. The SMILES string of the molecule is CO[C@@H]1CN[C@@H]2C(=O)OC[C@@H]2O1. The summed E-state index contributed by atoms with van der Waals surface area (Å²) in [6.45, 7) is 0.864. The van der Waals surface area contributed by atoms with Gasteiger partial charge in [-0.3, -0.25) is 10.1 Å². The van der Waals surface area contributed by atoms with Crippen LogP contribution in [-0.2, 0) is 19.0 Å². The maximum absolute atomic E-state index is 11.0. The molecule has 3 atom stereocenters. The highest BCUT2D eigenvalue weighted by molar-refractivity contribution is 5.78. The molecular formula is C7H11NO4. The van der Waals surface area contributed by atoms with Gasteiger partial charge >= 0.3 is 5.97 Å². The number of methoxy groups -OCH3 is 1. The molecule has 68 valence electrons. The van der Waals surface area contributed by atoms with Gasteiger partial charge in [-0.25, -0.2) is 0 Å². The summed E-state index contributed by atoms with van der Waals surface area (Å²) in [5.41, 5.74) is 0. The molecule has 2 aliphatic heterocycles. The maximum Gasteiger partial charge on any atom is 0.326 e. The molecule has 0 bridgehead atoms. The molecule has 1 N–H and O–H groups in total. The number of cyclic esters (lactones) is 1. The lowest BCUT2D eigenvalue weighted by Crippen LogP contribution is -2.53. The van der Waals surface area contributed by atoms with Crippen LogP contribution in [0.25, 0.3) is 0 Å². The van der Waals surface area contributed by atoms with Gasteiger partial charge in [0.05, 0.1) is 0 Å². The summed E-state index contributed by atoms with van der Waals surface area (Å²) in [7, 11) is 1.57. The first kappa shape index (κ1) is 7.97. The number of fused-ring (bicyclic) bond motifs is 1. The van der Waals surface area contributed by atoms with E-state index in [1.165, 1.54) is 0 Å². The van der Waals surface area contributed by atoms with Crippen LogP contribution < -0.4 is 5.32 Å². The van der Waals surface area contributed by atoms with E-state index in [1.54, 1.807) is 7.11 Å². The fraction of sp³-hybridized carbons (Fsp3) is 0.857. The van der Waals surface area contributed by atoms with E-state index in [-0.39, 0.29) is 24.4 Å². The van der Waals surface area contributed by atoms with Crippen LogP contribution in [0.3, 0.4) is 0 Å². The topological polar surface area (TPSA) is 56.8 Å². The number of hydrogen-bond acceptors (Lipinski definition) is 5. The number of nitrogens with one attached hydrogen (secondary N) is 1. The molecule has 2 saturated heterocycles. The number of esters is 1. The van der Waals surface area contributed by atoms with Gasteiger partial charge in [0.2, 0.25) is 0 Å². The van der Waals surface area contributed by atoms with Crippen LogP contribution in [0.2, 0.25) is 0 Å². The molecule has 0 radical (unpaired) electrons. The third-order valence-electron chi connectivity index (χ3n) is 2.11. The minimum Gasteiger partial charge on any atom is -0.462 e. The molecule has 2 rings (SSSR count). The number of carbonyl (C=O) groups is 1. The van der Waals surface area contributed by atoms with Crippen molar-refractivity contribution in [2.75, 3.05) is 20.3 Å². The van der Waals surface area contributed by atoms with Gasteiger partial charge in [0, 0.05) is 13.7 Å². The lowest BCUT2D eigenvalue weighted by molar-refractivity contribution is -0.175. The van der Waals surface area contributed by atoms with E-state index in [2.05, 4.69) is 5.32 Å². The van der Waals surface area contributed by atoms with Crippen molar-refractivity contribution in [3.05, 3.63) is 0 Å². The van der Waals surface area contributed by atoms with Crippen LogP contribution in [0, 0.1) is 0 Å². The highest BCUT2D eigenvalue weighted by Crippen LogP contribution is 2.17. The van der Waals surface area contributed by atoms with Gasteiger partial charge in [0.25, 0.3) is 0 Å². The summed E-state index contributed by atoms with van der Waals surface area (Å²) in [4.78, 5) is 11.0. The lowest BCUT2D eigenvalue weighted by atomic mass is 10.2. The second-order valence-electron chi connectivity index (χ2n) is 2.86. The Kier molecular flexibility index (Phi) is 2.00. The molecule has 0 aromatic heterocycles. The molecule has 2 aliphatic rings. The predicted octanol–water partition coefficient (Wildman–Crippen LogP) is -1.13. The van der Waals surface area contributed by atoms with Crippen molar-refractivity contribution in [3.8, 4) is 0 Å². The monoisotopic (exact) mass is 173 g/mol. The summed E-state index contributed by atoms with van der Waals surface area (Å²) < 4.78 is 15.2. The Morgan fingerprint density at radius 1 is 1.67 bits per heavy atom. The van der Waals surface area contributed by atoms with Gasteiger partial charge in [-0.15, -0.1) is 0 Å². The zero-order valence-electron chi connectivity index (χ0n) is 6.78. The minimum absolute atomic E-state index is 0.184. The van der Waals surface area contributed by atoms with Crippen molar-refractivity contribution in [1.82, 2.24) is 5.32 Å². The summed E-state index contributed by atoms with van der Waals surface area (Å²) in [5, 5.41) is 3.01. The van der Waals surface area contributed by atoms with Crippen LogP contribution in [0.1, 0.15) is 0 Å². The lowest BCUT2D eigenvalue weighted by Gasteiger charge is -2.29. The quantitative estimate of drug-likeness (QED) is 0.509. The second kappa shape index (κ2) is 3.01. The standard InChI is InChI=1S/C7H11NO4/c1-10-5-2-8-6-4(12-5)3-11-7(6)9/h4-6,8H,2-3H2,1H3/t4-,5-,6-/m0/s1. The molecule has 0 aromatic carbocycles. The first-order chi connectivity index (χ1) is 5.81. The Hall–Kier alpha value is -0.650. The van der Waals surface area contributed by atoms with Crippen LogP contribution in [0.15, 0.2) is 0 Å². The summed E-state index contributed by atoms with van der Waals surface area (Å²) in [6.07, 6.45) is -0.447. The first-order valence-corrected chi connectivity index (χ1v) is 3.89. The average molecular weight is 173 g/mol. The molecule has 2 fully saturated rings. The normalized spacial score (nSPS) is 40.8. The Morgan fingerprint density at radius 2 is 2.50 bits per heavy atom. The van der Waals surface area contributed by atoms with E-state index >= 15 is 0 Å². The van der Waals surface area contributed by atoms with E-state index in [9.17, 15) is 4.79 Å². The van der Waals surface area contributed by atoms with Crippen LogP contribution >= 0.6 is 0 Å². The Bertz CT molecular complexity index is 196. The molecule has 2 heterocycles. The maximum atomic E-state index is 11.0. The molecule has 0 saturated carbocycles. The summed E-state index contributed by atoms with van der Waals surface area (Å²) >= 11 is 0. The third-order valence-corrected chi connectivity index (χ3v) is 2.11. The summed E-state index contributed by atoms with van der Waals surface area (Å²) in [6, 6.07) is -0.295. The number of morpholine rings is 1. The fourth-order valence-corrected chi connectivity index (χ4v) is 1.44. The van der Waals surface area contributed by atoms with Crippen LogP contribution in [0.5, 0.6) is 0 Å². The van der Waals surface area contributed by atoms with Crippen LogP contribution in [0.4, 0.5) is 0 Å². The zero-order valence-corrected chi connectivity index (χ0v) is 6.78. The Balaban J connectivity index is 1.99. The van der Waals surface area contributed by atoms with E-state index in [1.807, 2.05) is 0 Å². The number of carbonyl (C=O) groups excluding carboxylic acids is 1. The van der Waals surface area contributed by atoms with Gasteiger partial charge in [-0.05, 0) is 0 Å². The van der Waals surface area contributed by atoms with Crippen molar-refractivity contribution < 1.29 is 19.0 Å². The Morgan fingerprint density at radius 3 is 3.25 bits per heavy atom. The van der Waals surface area contributed by atoms with Crippen molar-refractivity contribution >= 4 is 5.97 Å². The smallest absolute Gasteiger partial charge is 0.326 e. The largest absolute Gasteiger partial charge is 0.462 e. The van der Waals surface area contributed by atoms with Gasteiger partial charge in [0.1, 0.15) is 18.8 Å². The highest BCUT2D eigenvalue weighted by Gasteiger charge is 2.42. The highest BCUT2D eigenvalue weighted by atomic mass is 16.7. The molecule has 5 nitrogen and oxygen atoms in total. The number of ether oxygens (including phenoxy) is 3. The molecule has 12 heavy (non-hydrogen) atoms. The molecule has 5 heteroatoms. The van der Waals surface area contributed by atoms with E-state index in [4.69, 9.17) is 14.2 Å². The van der Waals surface area contributed by atoms with Gasteiger partial charge in [-0.1, -0.05) is 0 Å². The van der Waals surface area contributed by atoms with Crippen LogP contribution in [-0.4, -0.2) is 44.7 Å². The molecule has 0 spiro atoms. The zero-order chi connectivity index (χ0) is 8.55. The van der Waals surface area contributed by atoms with Gasteiger partial charge in [0.15, 0.2) is 6.29 Å². The molecule has 0 amide bonds. The molecule has 0 aromatic rings. The predicted molar refractivity (Wildman–Crippen MR) is 38.4 cm³/mol. The number of rotatable bonds is 1. The van der Waals surface area contributed by atoms with E-state index in [0.717, 1.165) is 0 Å². The first-order valence-electron chi connectivity index (χ1n) is 3.89. The van der Waals surface area contributed by atoms with Crippen molar-refractivity contribution in [2.24, 2.45) is 0 Å². The van der Waals surface area contributed by atoms with Crippen molar-refractivity contribution in [3.63, 3.8) is 0 Å². The second-order valence-corrected chi connectivity index (χ2v) is 2.86. The Labute approximate surface area is 70.0 Å². The number of hydrogen-bond donors (Lipinski definition) is 1. The summed E-state index contributed by atoms with van der Waals surface area (Å²) in [5.74, 6) is -0.227. The molecular weight excluding hydrogens is 162 g/mol. The van der Waals surface area contributed by atoms with Gasteiger partial charge in [-0.2, -0.15) is 0 Å².